The van der Waals surface area contributed by atoms with Crippen molar-refractivity contribution >= 4 is 17.5 Å². The lowest BCUT2D eigenvalue weighted by Gasteiger charge is -2.22. The fraction of sp³-hybridized carbons (Fsp3) is 0.300. The third-order valence-corrected chi connectivity index (χ3v) is 4.82. The second-order valence-corrected chi connectivity index (χ2v) is 6.27. The molecule has 2 aromatic rings. The molecular formula is C20H17F4NO2. The SMILES string of the molecule is CCc1cc(CC)c(N2C(=O)c3c(F)c(F)c(F)c(F)c3C2=O)c(CC)c1. The molecule has 1 aliphatic heterocycles. The Morgan fingerprint density at radius 1 is 0.704 bits per heavy atom. The summed E-state index contributed by atoms with van der Waals surface area (Å²) in [7, 11) is 0. The number of amides is 2. The molecule has 27 heavy (non-hydrogen) atoms. The molecule has 0 saturated heterocycles. The Hall–Kier alpha value is -2.70. The molecule has 3 rings (SSSR count). The van der Waals surface area contributed by atoms with Crippen LogP contribution in [0.4, 0.5) is 23.2 Å². The Balaban J connectivity index is 2.30. The Bertz CT molecular complexity index is 913. The molecule has 3 nitrogen and oxygen atoms in total. The van der Waals surface area contributed by atoms with E-state index in [9.17, 15) is 27.2 Å². The van der Waals surface area contributed by atoms with Crippen molar-refractivity contribution in [1.82, 2.24) is 0 Å². The molecule has 0 unspecified atom stereocenters. The van der Waals surface area contributed by atoms with Crippen LogP contribution in [-0.2, 0) is 19.3 Å². The van der Waals surface area contributed by atoms with Gasteiger partial charge in [-0.2, -0.15) is 0 Å². The molecule has 2 amide bonds. The first-order chi connectivity index (χ1) is 12.8. The molecule has 2 aromatic carbocycles. The van der Waals surface area contributed by atoms with Gasteiger partial charge in [0.25, 0.3) is 11.8 Å². The number of imide groups is 1. The number of hydrogen-bond donors (Lipinski definition) is 0. The topological polar surface area (TPSA) is 37.4 Å². The summed E-state index contributed by atoms with van der Waals surface area (Å²) in [6.45, 7) is 5.58. The van der Waals surface area contributed by atoms with Crippen LogP contribution < -0.4 is 4.90 Å². The number of nitrogens with zero attached hydrogens (tertiary/aromatic N) is 1. The summed E-state index contributed by atoms with van der Waals surface area (Å²) < 4.78 is 55.5. The summed E-state index contributed by atoms with van der Waals surface area (Å²) >= 11 is 0. The second kappa shape index (κ2) is 6.79. The molecule has 1 heterocycles. The molecule has 0 radical (unpaired) electrons. The minimum Gasteiger partial charge on any atom is -0.268 e. The quantitative estimate of drug-likeness (QED) is 0.333. The van der Waals surface area contributed by atoms with Crippen molar-refractivity contribution in [2.75, 3.05) is 4.90 Å². The summed E-state index contributed by atoms with van der Waals surface area (Å²) in [6.07, 6.45) is 1.64. The van der Waals surface area contributed by atoms with Crippen molar-refractivity contribution in [2.45, 2.75) is 40.0 Å². The highest BCUT2D eigenvalue weighted by molar-refractivity contribution is 6.35. The van der Waals surface area contributed by atoms with E-state index < -0.39 is 46.2 Å². The van der Waals surface area contributed by atoms with Gasteiger partial charge in [-0.3, -0.25) is 9.59 Å². The standard InChI is InChI=1S/C20H17F4NO2/c1-4-9-7-10(5-2)18(11(6-3)8-9)25-19(26)12-13(20(25)27)15(22)17(24)16(23)14(12)21/h7-8H,4-6H2,1-3H3. The number of aryl methyl sites for hydroxylation is 3. The largest absolute Gasteiger partial charge is 0.269 e. The van der Waals surface area contributed by atoms with Crippen LogP contribution in [0.15, 0.2) is 12.1 Å². The molecule has 0 bridgehead atoms. The summed E-state index contributed by atoms with van der Waals surface area (Å²) in [6, 6.07) is 3.62. The molecule has 0 aliphatic carbocycles. The molecule has 0 saturated carbocycles. The number of rotatable bonds is 4. The third kappa shape index (κ3) is 2.64. The fourth-order valence-corrected chi connectivity index (χ4v) is 3.41. The van der Waals surface area contributed by atoms with Gasteiger partial charge < -0.3 is 0 Å². The Morgan fingerprint density at radius 2 is 1.11 bits per heavy atom. The van der Waals surface area contributed by atoms with Gasteiger partial charge in [-0.15, -0.1) is 0 Å². The van der Waals surface area contributed by atoms with Gasteiger partial charge in [0.2, 0.25) is 0 Å². The molecule has 0 atom stereocenters. The van der Waals surface area contributed by atoms with Crippen molar-refractivity contribution < 1.29 is 27.2 Å². The smallest absolute Gasteiger partial charge is 0.268 e. The predicted molar refractivity (Wildman–Crippen MR) is 92.0 cm³/mol. The number of carbonyl (C=O) groups excluding carboxylic acids is 2. The van der Waals surface area contributed by atoms with Crippen molar-refractivity contribution in [3.05, 3.63) is 63.2 Å². The van der Waals surface area contributed by atoms with E-state index in [-0.39, 0.29) is 5.69 Å². The van der Waals surface area contributed by atoms with Gasteiger partial charge in [-0.25, -0.2) is 22.5 Å². The Labute approximate surface area is 153 Å². The van der Waals surface area contributed by atoms with Gasteiger partial charge >= 0.3 is 0 Å². The maximum Gasteiger partial charge on any atom is 0.269 e. The summed E-state index contributed by atoms with van der Waals surface area (Å²) in [5.74, 6) is -10.3. The molecule has 0 N–H and O–H groups in total. The van der Waals surface area contributed by atoms with Crippen LogP contribution in [0.2, 0.25) is 0 Å². The Morgan fingerprint density at radius 3 is 1.44 bits per heavy atom. The van der Waals surface area contributed by atoms with Crippen LogP contribution >= 0.6 is 0 Å². The highest BCUT2D eigenvalue weighted by atomic mass is 19.2. The zero-order valence-electron chi connectivity index (χ0n) is 15.1. The molecule has 142 valence electrons. The predicted octanol–water partition coefficient (Wildman–Crippen LogP) is 4.73. The van der Waals surface area contributed by atoms with Crippen LogP contribution in [0.25, 0.3) is 0 Å². The monoisotopic (exact) mass is 379 g/mol. The average Bonchev–Trinajstić information content (AvgIpc) is 2.93. The van der Waals surface area contributed by atoms with Gasteiger partial charge in [0.05, 0.1) is 16.8 Å². The van der Waals surface area contributed by atoms with Gasteiger partial charge in [0.1, 0.15) is 0 Å². The van der Waals surface area contributed by atoms with E-state index in [0.29, 0.717) is 28.9 Å². The minimum absolute atomic E-state index is 0.225. The van der Waals surface area contributed by atoms with Gasteiger partial charge in [-0.05, 0) is 36.0 Å². The average molecular weight is 379 g/mol. The first kappa shape index (κ1) is 19.1. The number of benzene rings is 2. The van der Waals surface area contributed by atoms with Crippen molar-refractivity contribution in [3.8, 4) is 0 Å². The van der Waals surface area contributed by atoms with E-state index in [0.717, 1.165) is 12.0 Å². The zero-order chi connectivity index (χ0) is 20.0. The van der Waals surface area contributed by atoms with Crippen molar-refractivity contribution in [2.24, 2.45) is 0 Å². The lowest BCUT2D eigenvalue weighted by Crippen LogP contribution is -2.31. The first-order valence-electron chi connectivity index (χ1n) is 8.67. The maximum absolute atomic E-state index is 14.2. The van der Waals surface area contributed by atoms with Crippen LogP contribution in [0, 0.1) is 23.3 Å². The van der Waals surface area contributed by atoms with Crippen molar-refractivity contribution in [3.63, 3.8) is 0 Å². The minimum atomic E-state index is -2.11. The maximum atomic E-state index is 14.2. The van der Waals surface area contributed by atoms with E-state index in [4.69, 9.17) is 0 Å². The number of hydrogen-bond acceptors (Lipinski definition) is 2. The molecular weight excluding hydrogens is 362 g/mol. The van der Waals surface area contributed by atoms with E-state index in [1.165, 1.54) is 0 Å². The van der Waals surface area contributed by atoms with Gasteiger partial charge in [0.15, 0.2) is 23.3 Å². The lowest BCUT2D eigenvalue weighted by atomic mass is 9.97. The highest BCUT2D eigenvalue weighted by Crippen LogP contribution is 2.38. The Kier molecular flexibility index (Phi) is 4.80. The summed E-state index contributed by atoms with van der Waals surface area (Å²) in [5, 5.41) is 0. The van der Waals surface area contributed by atoms with E-state index in [2.05, 4.69) is 0 Å². The lowest BCUT2D eigenvalue weighted by molar-refractivity contribution is 0.0923. The van der Waals surface area contributed by atoms with Gasteiger partial charge in [0, 0.05) is 0 Å². The molecule has 1 aliphatic rings. The first-order valence-corrected chi connectivity index (χ1v) is 8.67. The third-order valence-electron chi connectivity index (χ3n) is 4.82. The number of halogens is 4. The zero-order valence-corrected chi connectivity index (χ0v) is 15.1. The number of carbonyl (C=O) groups is 2. The van der Waals surface area contributed by atoms with E-state index in [1.54, 1.807) is 0 Å². The highest BCUT2D eigenvalue weighted by Gasteiger charge is 2.45. The van der Waals surface area contributed by atoms with Crippen molar-refractivity contribution in [1.29, 1.82) is 0 Å². The molecule has 0 fully saturated rings. The van der Waals surface area contributed by atoms with Crippen LogP contribution in [0.1, 0.15) is 58.2 Å². The summed E-state index contributed by atoms with van der Waals surface area (Å²) in [4.78, 5) is 26.1. The van der Waals surface area contributed by atoms with Crippen LogP contribution in [0.3, 0.4) is 0 Å². The van der Waals surface area contributed by atoms with Crippen LogP contribution in [0.5, 0.6) is 0 Å². The summed E-state index contributed by atoms with van der Waals surface area (Å²) in [5.41, 5.74) is 0.353. The fourth-order valence-electron chi connectivity index (χ4n) is 3.41. The number of anilines is 1. The second-order valence-electron chi connectivity index (χ2n) is 6.27. The molecule has 0 aromatic heterocycles. The normalized spacial score (nSPS) is 13.5. The van der Waals surface area contributed by atoms with E-state index in [1.807, 2.05) is 32.9 Å². The van der Waals surface area contributed by atoms with Crippen LogP contribution in [-0.4, -0.2) is 11.8 Å². The van der Waals surface area contributed by atoms with Gasteiger partial charge in [-0.1, -0.05) is 32.9 Å². The molecule has 0 spiro atoms. The van der Waals surface area contributed by atoms with E-state index >= 15 is 0 Å². The molecule has 7 heteroatoms. The number of fused-ring (bicyclic) bond motifs is 1.